The van der Waals surface area contributed by atoms with Gasteiger partial charge in [-0.25, -0.2) is 0 Å². The number of carbonyl (C=O) groups excluding carboxylic acids is 1. The maximum atomic E-state index is 12.8. The average molecular weight is 267 g/mol. The van der Waals surface area contributed by atoms with Crippen LogP contribution in [-0.4, -0.2) is 18.1 Å². The van der Waals surface area contributed by atoms with E-state index in [1.807, 2.05) is 30.3 Å². The van der Waals surface area contributed by atoms with Crippen LogP contribution in [0.15, 0.2) is 54.6 Å². The molecule has 0 unspecified atom stereocenters. The van der Waals surface area contributed by atoms with Crippen LogP contribution in [0.4, 0.5) is 5.69 Å². The fraction of sp³-hybridized carbons (Fsp3) is 0.235. The molecule has 0 radical (unpaired) electrons. The number of nitrogens with zero attached hydrogens (tertiary/aromatic N) is 1. The molecular weight excluding hydrogens is 250 g/mol. The molecule has 3 nitrogen and oxygen atoms in total. The van der Waals surface area contributed by atoms with E-state index in [9.17, 15) is 9.90 Å². The minimum Gasteiger partial charge on any atom is -0.508 e. The van der Waals surface area contributed by atoms with E-state index in [-0.39, 0.29) is 17.1 Å². The Bertz CT molecular complexity index is 615. The number of carbonyl (C=O) groups is 1. The van der Waals surface area contributed by atoms with E-state index in [0.29, 0.717) is 0 Å². The van der Waals surface area contributed by atoms with E-state index in [1.165, 1.54) is 0 Å². The molecule has 0 heterocycles. The van der Waals surface area contributed by atoms with Gasteiger partial charge in [-0.05, 0) is 42.7 Å². The number of phenols is 1. The average Bonchev–Trinajstić information content (AvgIpc) is 3.29. The van der Waals surface area contributed by atoms with Crippen molar-refractivity contribution in [2.24, 2.45) is 0 Å². The Kier molecular flexibility index (Phi) is 2.97. The van der Waals surface area contributed by atoms with Gasteiger partial charge in [0.25, 0.3) is 0 Å². The second-order valence-electron chi connectivity index (χ2n) is 5.33. The molecule has 1 saturated carbocycles. The van der Waals surface area contributed by atoms with Crippen LogP contribution in [0, 0.1) is 0 Å². The third-order valence-corrected chi connectivity index (χ3v) is 4.03. The summed E-state index contributed by atoms with van der Waals surface area (Å²) in [6.45, 7) is 0. The fourth-order valence-electron chi connectivity index (χ4n) is 2.62. The highest BCUT2D eigenvalue weighted by Gasteiger charge is 2.52. The summed E-state index contributed by atoms with van der Waals surface area (Å²) in [4.78, 5) is 14.5. The summed E-state index contributed by atoms with van der Waals surface area (Å²) >= 11 is 0. The molecule has 1 N–H and O–H groups in total. The number of likely N-dealkylation sites (N-methyl/N-ethyl adjacent to an activating group) is 1. The molecule has 1 fully saturated rings. The molecule has 0 atom stereocenters. The number of hydrogen-bond acceptors (Lipinski definition) is 2. The van der Waals surface area contributed by atoms with Crippen molar-refractivity contribution in [2.45, 2.75) is 18.3 Å². The van der Waals surface area contributed by atoms with Gasteiger partial charge in [-0.1, -0.05) is 30.3 Å². The fourth-order valence-corrected chi connectivity index (χ4v) is 2.62. The summed E-state index contributed by atoms with van der Waals surface area (Å²) < 4.78 is 0. The lowest BCUT2D eigenvalue weighted by atomic mass is 9.94. The normalized spacial score (nSPS) is 15.7. The van der Waals surface area contributed by atoms with E-state index in [1.54, 1.807) is 36.2 Å². The number of benzene rings is 2. The molecule has 0 bridgehead atoms. The summed E-state index contributed by atoms with van der Waals surface area (Å²) in [5.74, 6) is 0.327. The van der Waals surface area contributed by atoms with Gasteiger partial charge in [-0.15, -0.1) is 0 Å². The minimum atomic E-state index is -0.353. The third kappa shape index (κ3) is 2.05. The zero-order chi connectivity index (χ0) is 14.2. The molecular formula is C17H17NO2. The van der Waals surface area contributed by atoms with Crippen LogP contribution in [0.3, 0.4) is 0 Å². The van der Waals surface area contributed by atoms with Gasteiger partial charge < -0.3 is 10.0 Å². The molecule has 2 aromatic rings. The van der Waals surface area contributed by atoms with Crippen molar-refractivity contribution in [3.63, 3.8) is 0 Å². The molecule has 0 saturated heterocycles. The predicted octanol–water partition coefficient (Wildman–Crippen LogP) is 3.09. The molecule has 0 aliphatic heterocycles. The van der Waals surface area contributed by atoms with Gasteiger partial charge in [0.1, 0.15) is 5.75 Å². The van der Waals surface area contributed by atoms with Gasteiger partial charge in [0.2, 0.25) is 5.91 Å². The Balaban J connectivity index is 1.87. The first-order valence-electron chi connectivity index (χ1n) is 6.76. The molecule has 20 heavy (non-hydrogen) atoms. The number of amides is 1. The van der Waals surface area contributed by atoms with Crippen molar-refractivity contribution < 1.29 is 9.90 Å². The SMILES string of the molecule is CN(C(=O)C1(c2ccccc2)CC1)c1ccc(O)cc1. The molecule has 1 aliphatic rings. The number of hydrogen-bond donors (Lipinski definition) is 1. The number of aromatic hydroxyl groups is 1. The van der Waals surface area contributed by atoms with Crippen LogP contribution < -0.4 is 4.90 Å². The summed E-state index contributed by atoms with van der Waals surface area (Å²) in [6, 6.07) is 16.7. The molecule has 102 valence electrons. The Labute approximate surface area is 118 Å². The highest BCUT2D eigenvalue weighted by atomic mass is 16.3. The Hall–Kier alpha value is -2.29. The smallest absolute Gasteiger partial charge is 0.237 e. The highest BCUT2D eigenvalue weighted by molar-refractivity contribution is 6.02. The van der Waals surface area contributed by atoms with Crippen LogP contribution >= 0.6 is 0 Å². The molecule has 0 aromatic heterocycles. The first-order chi connectivity index (χ1) is 9.63. The number of phenolic OH excluding ortho intramolecular Hbond substituents is 1. The van der Waals surface area contributed by atoms with E-state index < -0.39 is 0 Å². The predicted molar refractivity (Wildman–Crippen MR) is 78.9 cm³/mol. The quantitative estimate of drug-likeness (QED) is 0.928. The van der Waals surface area contributed by atoms with Crippen molar-refractivity contribution in [2.75, 3.05) is 11.9 Å². The van der Waals surface area contributed by atoms with Crippen molar-refractivity contribution in [1.82, 2.24) is 0 Å². The summed E-state index contributed by atoms with van der Waals surface area (Å²) in [5, 5.41) is 9.32. The minimum absolute atomic E-state index is 0.120. The second kappa shape index (κ2) is 4.67. The van der Waals surface area contributed by atoms with Gasteiger partial charge in [-0.3, -0.25) is 4.79 Å². The van der Waals surface area contributed by atoms with E-state index >= 15 is 0 Å². The summed E-state index contributed by atoms with van der Waals surface area (Å²) in [6.07, 6.45) is 1.80. The summed E-state index contributed by atoms with van der Waals surface area (Å²) in [5.41, 5.74) is 1.54. The van der Waals surface area contributed by atoms with E-state index in [4.69, 9.17) is 0 Å². The maximum absolute atomic E-state index is 12.8. The third-order valence-electron chi connectivity index (χ3n) is 4.03. The Morgan fingerprint density at radius 1 is 1.05 bits per heavy atom. The maximum Gasteiger partial charge on any atom is 0.237 e. The molecule has 1 amide bonds. The van der Waals surface area contributed by atoms with Gasteiger partial charge >= 0.3 is 0 Å². The Morgan fingerprint density at radius 2 is 1.65 bits per heavy atom. The molecule has 3 rings (SSSR count). The van der Waals surface area contributed by atoms with Gasteiger partial charge in [0.15, 0.2) is 0 Å². The number of rotatable bonds is 3. The van der Waals surface area contributed by atoms with Gasteiger partial charge in [-0.2, -0.15) is 0 Å². The molecule has 1 aliphatic carbocycles. The van der Waals surface area contributed by atoms with E-state index in [2.05, 4.69) is 0 Å². The van der Waals surface area contributed by atoms with Crippen LogP contribution in [0.1, 0.15) is 18.4 Å². The van der Waals surface area contributed by atoms with E-state index in [0.717, 1.165) is 24.1 Å². The lowest BCUT2D eigenvalue weighted by Gasteiger charge is -2.24. The standard InChI is InChI=1S/C17H17NO2/c1-18(14-7-9-15(19)10-8-14)16(20)17(11-12-17)13-5-3-2-4-6-13/h2-10,19H,11-12H2,1H3. The van der Waals surface area contributed by atoms with Crippen LogP contribution in [0.2, 0.25) is 0 Å². The van der Waals surface area contributed by atoms with Crippen molar-refractivity contribution >= 4 is 11.6 Å². The van der Waals surface area contributed by atoms with Crippen LogP contribution in [-0.2, 0) is 10.2 Å². The van der Waals surface area contributed by atoms with Crippen molar-refractivity contribution in [1.29, 1.82) is 0 Å². The van der Waals surface area contributed by atoms with Crippen molar-refractivity contribution in [3.05, 3.63) is 60.2 Å². The second-order valence-corrected chi connectivity index (χ2v) is 5.33. The monoisotopic (exact) mass is 267 g/mol. The largest absolute Gasteiger partial charge is 0.508 e. The zero-order valence-corrected chi connectivity index (χ0v) is 11.4. The summed E-state index contributed by atoms with van der Waals surface area (Å²) in [7, 11) is 1.79. The van der Waals surface area contributed by atoms with Crippen molar-refractivity contribution in [3.8, 4) is 5.75 Å². The van der Waals surface area contributed by atoms with Gasteiger partial charge in [0.05, 0.1) is 5.41 Å². The first-order valence-corrected chi connectivity index (χ1v) is 6.76. The molecule has 3 heteroatoms. The Morgan fingerprint density at radius 3 is 2.20 bits per heavy atom. The lowest BCUT2D eigenvalue weighted by Crippen LogP contribution is -2.36. The lowest BCUT2D eigenvalue weighted by molar-refractivity contribution is -0.120. The zero-order valence-electron chi connectivity index (χ0n) is 11.4. The molecule has 2 aromatic carbocycles. The highest BCUT2D eigenvalue weighted by Crippen LogP contribution is 2.49. The topological polar surface area (TPSA) is 40.5 Å². The van der Waals surface area contributed by atoms with Crippen LogP contribution in [0.5, 0.6) is 5.75 Å². The van der Waals surface area contributed by atoms with Crippen LogP contribution in [0.25, 0.3) is 0 Å². The van der Waals surface area contributed by atoms with Gasteiger partial charge in [0, 0.05) is 12.7 Å². The first kappa shape index (κ1) is 12.7. The number of anilines is 1. The molecule has 0 spiro atoms.